The van der Waals surface area contributed by atoms with E-state index in [2.05, 4.69) is 34.5 Å². The predicted molar refractivity (Wildman–Crippen MR) is 115 cm³/mol. The van der Waals surface area contributed by atoms with Gasteiger partial charge in [-0.2, -0.15) is 0 Å². The number of anilines is 2. The first-order valence-corrected chi connectivity index (χ1v) is 10.2. The molecule has 0 bridgehead atoms. The molecule has 2 N–H and O–H groups in total. The van der Waals surface area contributed by atoms with E-state index in [-0.39, 0.29) is 11.9 Å². The van der Waals surface area contributed by atoms with E-state index in [0.29, 0.717) is 30.4 Å². The smallest absolute Gasteiger partial charge is 0.321 e. The van der Waals surface area contributed by atoms with Gasteiger partial charge in [-0.25, -0.2) is 4.79 Å². The molecule has 1 aliphatic rings. The molecule has 0 radical (unpaired) electrons. The Morgan fingerprint density at radius 3 is 2.39 bits per heavy atom. The van der Waals surface area contributed by atoms with Gasteiger partial charge in [-0.3, -0.25) is 4.79 Å². The van der Waals surface area contributed by atoms with Gasteiger partial charge in [0.1, 0.15) is 0 Å². The Bertz CT molecular complexity index is 643. The lowest BCUT2D eigenvalue weighted by molar-refractivity contribution is -0.116. The van der Waals surface area contributed by atoms with Crippen LogP contribution in [-0.2, 0) is 4.79 Å². The Morgan fingerprint density at radius 1 is 1.11 bits per heavy atom. The Kier molecular flexibility index (Phi) is 8.73. The molecule has 0 spiro atoms. The molecule has 0 saturated carbocycles. The van der Waals surface area contributed by atoms with Crippen molar-refractivity contribution in [2.24, 2.45) is 0 Å². The number of piperidine rings is 1. The van der Waals surface area contributed by atoms with E-state index in [4.69, 9.17) is 0 Å². The maximum Gasteiger partial charge on any atom is 0.321 e. The molecule has 0 aliphatic carbocycles. The maximum absolute atomic E-state index is 12.5. The Morgan fingerprint density at radius 2 is 1.75 bits per heavy atom. The van der Waals surface area contributed by atoms with Crippen molar-refractivity contribution in [1.82, 2.24) is 14.7 Å². The van der Waals surface area contributed by atoms with Crippen LogP contribution in [0.15, 0.2) is 24.3 Å². The van der Waals surface area contributed by atoms with Crippen molar-refractivity contribution in [2.75, 3.05) is 58.0 Å². The molecule has 156 valence electrons. The summed E-state index contributed by atoms with van der Waals surface area (Å²) in [5.41, 5.74) is 1.37. The van der Waals surface area contributed by atoms with Gasteiger partial charge in [0.05, 0.1) is 0 Å². The van der Waals surface area contributed by atoms with Crippen LogP contribution in [0, 0.1) is 0 Å². The van der Waals surface area contributed by atoms with E-state index in [1.54, 1.807) is 11.0 Å². The molecular weight excluding hydrogens is 354 g/mol. The second-order valence-electron chi connectivity index (χ2n) is 7.75. The van der Waals surface area contributed by atoms with Crippen molar-refractivity contribution in [3.05, 3.63) is 24.3 Å². The van der Waals surface area contributed by atoms with Gasteiger partial charge in [-0.05, 0) is 64.6 Å². The molecule has 7 nitrogen and oxygen atoms in total. The third-order valence-electron chi connectivity index (χ3n) is 5.32. The first-order chi connectivity index (χ1) is 13.4. The van der Waals surface area contributed by atoms with E-state index < -0.39 is 0 Å². The number of carbonyl (C=O) groups is 2. The zero-order chi connectivity index (χ0) is 20.5. The van der Waals surface area contributed by atoms with Gasteiger partial charge in [0.15, 0.2) is 0 Å². The summed E-state index contributed by atoms with van der Waals surface area (Å²) in [6, 6.07) is 7.70. The summed E-state index contributed by atoms with van der Waals surface area (Å²) in [6.45, 7) is 5.76. The average molecular weight is 390 g/mol. The molecule has 0 unspecified atom stereocenters. The summed E-state index contributed by atoms with van der Waals surface area (Å²) in [7, 11) is 6.12. The third-order valence-corrected chi connectivity index (χ3v) is 5.32. The van der Waals surface area contributed by atoms with Crippen molar-refractivity contribution < 1.29 is 9.59 Å². The fourth-order valence-electron chi connectivity index (χ4n) is 3.37. The summed E-state index contributed by atoms with van der Waals surface area (Å²) in [6.07, 6.45) is 3.65. The highest BCUT2D eigenvalue weighted by molar-refractivity contribution is 5.93. The fraction of sp³-hybridized carbons (Fsp3) is 0.619. The number of nitrogens with one attached hydrogen (secondary N) is 2. The highest BCUT2D eigenvalue weighted by Gasteiger charge is 2.21. The first-order valence-electron chi connectivity index (χ1n) is 10.2. The topological polar surface area (TPSA) is 67.9 Å². The zero-order valence-electron chi connectivity index (χ0n) is 17.7. The number of rotatable bonds is 8. The van der Waals surface area contributed by atoms with Crippen molar-refractivity contribution in [3.63, 3.8) is 0 Å². The standard InChI is InChI=1S/C21H35N5O2/c1-5-7-20(27)22-17-8-6-9-18(16-17)23-21(28)26(4)15-14-25(3)19-10-12-24(2)13-11-19/h6,8-9,16,19H,5,7,10-15H2,1-4H3,(H,22,27)(H,23,28). The number of nitrogens with zero attached hydrogens (tertiary/aromatic N) is 3. The fourth-order valence-corrected chi connectivity index (χ4v) is 3.37. The third kappa shape index (κ3) is 7.13. The number of carbonyl (C=O) groups excluding carboxylic acids is 2. The Hall–Kier alpha value is -2.12. The van der Waals surface area contributed by atoms with Gasteiger partial charge in [-0.15, -0.1) is 0 Å². The Balaban J connectivity index is 1.79. The summed E-state index contributed by atoms with van der Waals surface area (Å²) in [4.78, 5) is 30.6. The minimum absolute atomic E-state index is 0.0139. The molecular formula is C21H35N5O2. The maximum atomic E-state index is 12.5. The van der Waals surface area contributed by atoms with E-state index in [9.17, 15) is 9.59 Å². The summed E-state index contributed by atoms with van der Waals surface area (Å²) >= 11 is 0. The van der Waals surface area contributed by atoms with Crippen LogP contribution in [0.2, 0.25) is 0 Å². The van der Waals surface area contributed by atoms with E-state index in [1.165, 1.54) is 12.8 Å². The van der Waals surface area contributed by atoms with Crippen molar-refractivity contribution in [1.29, 1.82) is 0 Å². The molecule has 3 amide bonds. The molecule has 0 aromatic heterocycles. The highest BCUT2D eigenvalue weighted by Crippen LogP contribution is 2.16. The zero-order valence-corrected chi connectivity index (χ0v) is 17.7. The molecule has 1 aliphatic heterocycles. The van der Waals surface area contributed by atoms with Gasteiger partial charge < -0.3 is 25.3 Å². The highest BCUT2D eigenvalue weighted by atomic mass is 16.2. The minimum Gasteiger partial charge on any atom is -0.326 e. The van der Waals surface area contributed by atoms with Crippen LogP contribution < -0.4 is 10.6 Å². The van der Waals surface area contributed by atoms with Crippen LogP contribution in [0.4, 0.5) is 16.2 Å². The normalized spacial score (nSPS) is 15.5. The number of likely N-dealkylation sites (N-methyl/N-ethyl adjacent to an activating group) is 2. The molecule has 1 fully saturated rings. The predicted octanol–water partition coefficient (Wildman–Crippen LogP) is 2.91. The lowest BCUT2D eigenvalue weighted by Crippen LogP contribution is -2.45. The second-order valence-corrected chi connectivity index (χ2v) is 7.75. The molecule has 1 heterocycles. The van der Waals surface area contributed by atoms with Crippen molar-refractivity contribution >= 4 is 23.3 Å². The first kappa shape index (κ1) is 22.2. The number of likely N-dealkylation sites (tertiary alicyclic amines) is 1. The van der Waals surface area contributed by atoms with Gasteiger partial charge in [0.2, 0.25) is 5.91 Å². The summed E-state index contributed by atoms with van der Waals surface area (Å²) in [5, 5.41) is 5.76. The SMILES string of the molecule is CCCC(=O)Nc1cccc(NC(=O)N(C)CCN(C)C2CCN(C)CC2)c1. The quantitative estimate of drug-likeness (QED) is 0.717. The molecule has 1 saturated heterocycles. The number of benzene rings is 1. The van der Waals surface area contributed by atoms with Crippen LogP contribution >= 0.6 is 0 Å². The molecule has 7 heteroatoms. The molecule has 1 aromatic rings. The van der Waals surface area contributed by atoms with Gasteiger partial charge in [0.25, 0.3) is 0 Å². The van der Waals surface area contributed by atoms with E-state index in [0.717, 1.165) is 26.1 Å². The van der Waals surface area contributed by atoms with E-state index in [1.807, 2.05) is 32.2 Å². The lowest BCUT2D eigenvalue weighted by atomic mass is 10.0. The van der Waals surface area contributed by atoms with Crippen LogP contribution in [0.5, 0.6) is 0 Å². The number of amides is 3. The number of hydrogen-bond acceptors (Lipinski definition) is 4. The largest absolute Gasteiger partial charge is 0.326 e. The van der Waals surface area contributed by atoms with E-state index >= 15 is 0 Å². The van der Waals surface area contributed by atoms with Gasteiger partial charge >= 0.3 is 6.03 Å². The minimum atomic E-state index is -0.145. The van der Waals surface area contributed by atoms with Crippen LogP contribution in [0.1, 0.15) is 32.6 Å². The average Bonchev–Trinajstić information content (AvgIpc) is 2.66. The number of hydrogen-bond donors (Lipinski definition) is 2. The second kappa shape index (κ2) is 11.0. The molecule has 28 heavy (non-hydrogen) atoms. The molecule has 2 rings (SSSR count). The lowest BCUT2D eigenvalue weighted by Gasteiger charge is -2.35. The molecule has 0 atom stereocenters. The van der Waals surface area contributed by atoms with Crippen LogP contribution in [-0.4, -0.2) is 80.0 Å². The summed E-state index contributed by atoms with van der Waals surface area (Å²) in [5.74, 6) is -0.0139. The number of urea groups is 1. The Labute approximate surface area is 169 Å². The van der Waals surface area contributed by atoms with Crippen molar-refractivity contribution in [2.45, 2.75) is 38.6 Å². The molecule has 1 aromatic carbocycles. The van der Waals surface area contributed by atoms with Gasteiger partial charge in [-0.1, -0.05) is 13.0 Å². The monoisotopic (exact) mass is 389 g/mol. The summed E-state index contributed by atoms with van der Waals surface area (Å²) < 4.78 is 0. The van der Waals surface area contributed by atoms with Crippen LogP contribution in [0.25, 0.3) is 0 Å². The van der Waals surface area contributed by atoms with Crippen LogP contribution in [0.3, 0.4) is 0 Å². The van der Waals surface area contributed by atoms with Crippen molar-refractivity contribution in [3.8, 4) is 0 Å². The van der Waals surface area contributed by atoms with Gasteiger partial charge in [0, 0.05) is 44.0 Å².